The Hall–Kier alpha value is -1.90. The average Bonchev–Trinajstić information content (AvgIpc) is 2.89. The summed E-state index contributed by atoms with van der Waals surface area (Å²) in [7, 11) is 0. The predicted octanol–water partition coefficient (Wildman–Crippen LogP) is 0.756. The van der Waals surface area contributed by atoms with Crippen molar-refractivity contribution >= 4 is 23.7 Å². The van der Waals surface area contributed by atoms with Gasteiger partial charge in [0.2, 0.25) is 11.9 Å². The maximum atomic E-state index is 5.81. The number of nitrogens with two attached hydrogens (primary N) is 1. The zero-order chi connectivity index (χ0) is 14.9. The van der Waals surface area contributed by atoms with Gasteiger partial charge in [0.1, 0.15) is 12.7 Å². The Kier molecular flexibility index (Phi) is 3.66. The molecule has 2 aromatic rings. The van der Waals surface area contributed by atoms with Crippen molar-refractivity contribution in [3.8, 4) is 5.95 Å². The number of hydrogen-bond donors (Lipinski definition) is 1. The molecule has 112 valence electrons. The van der Waals surface area contributed by atoms with E-state index in [0.717, 1.165) is 25.3 Å². The molecule has 1 saturated heterocycles. The number of rotatable bonds is 2. The summed E-state index contributed by atoms with van der Waals surface area (Å²) in [6.45, 7) is 6.34. The molecule has 3 heterocycles. The van der Waals surface area contributed by atoms with Gasteiger partial charge in [-0.25, -0.2) is 4.98 Å². The lowest BCUT2D eigenvalue weighted by molar-refractivity contribution is 0.629. The zero-order valence-electron chi connectivity index (χ0n) is 12.1. The summed E-state index contributed by atoms with van der Waals surface area (Å²) in [5, 5.41) is 4.03. The van der Waals surface area contributed by atoms with Crippen LogP contribution in [0.3, 0.4) is 0 Å². The molecular formula is C12H18N8S. The van der Waals surface area contributed by atoms with Crippen LogP contribution in [0, 0.1) is 0 Å². The molecule has 2 N–H and O–H groups in total. The van der Waals surface area contributed by atoms with Crippen molar-refractivity contribution < 1.29 is 0 Å². The monoisotopic (exact) mass is 306 g/mol. The standard InChI is InChI=1S/C12H18N8S/c1-12(2)3-4-19(5-6-21-12)10-16-9(13)17-11(18-10)20-8-14-7-15-20/h7-8H,3-6H2,1-2H3,(H2,13,16,17,18). The molecule has 21 heavy (non-hydrogen) atoms. The maximum Gasteiger partial charge on any atom is 0.258 e. The molecule has 3 rings (SSSR count). The van der Waals surface area contributed by atoms with Crippen molar-refractivity contribution in [2.75, 3.05) is 29.5 Å². The van der Waals surface area contributed by atoms with E-state index in [0.29, 0.717) is 11.9 Å². The first-order valence-electron chi connectivity index (χ1n) is 6.79. The second-order valence-corrected chi connectivity index (χ2v) is 7.28. The van der Waals surface area contributed by atoms with Crippen LogP contribution in [0.4, 0.5) is 11.9 Å². The van der Waals surface area contributed by atoms with Crippen molar-refractivity contribution in [3.05, 3.63) is 12.7 Å². The van der Waals surface area contributed by atoms with E-state index in [-0.39, 0.29) is 10.7 Å². The van der Waals surface area contributed by atoms with Crippen molar-refractivity contribution in [2.45, 2.75) is 25.0 Å². The third kappa shape index (κ3) is 3.23. The molecule has 8 nitrogen and oxygen atoms in total. The van der Waals surface area contributed by atoms with Gasteiger partial charge in [0.25, 0.3) is 5.95 Å². The molecule has 0 unspecified atom stereocenters. The summed E-state index contributed by atoms with van der Waals surface area (Å²) in [6.07, 6.45) is 4.05. The molecule has 9 heteroatoms. The minimum absolute atomic E-state index is 0.196. The third-order valence-electron chi connectivity index (χ3n) is 3.37. The number of hydrogen-bond acceptors (Lipinski definition) is 8. The number of nitrogen functional groups attached to an aromatic ring is 1. The fourth-order valence-corrected chi connectivity index (χ4v) is 3.24. The molecule has 1 aliphatic heterocycles. The summed E-state index contributed by atoms with van der Waals surface area (Å²) in [5.74, 6) is 2.23. The number of aromatic nitrogens is 6. The Balaban J connectivity index is 1.88. The van der Waals surface area contributed by atoms with Gasteiger partial charge < -0.3 is 10.6 Å². The van der Waals surface area contributed by atoms with Crippen LogP contribution < -0.4 is 10.6 Å². The molecule has 0 aromatic carbocycles. The second kappa shape index (κ2) is 5.47. The highest BCUT2D eigenvalue weighted by molar-refractivity contribution is 8.00. The molecule has 0 bridgehead atoms. The number of nitrogens with zero attached hydrogens (tertiary/aromatic N) is 7. The first-order chi connectivity index (χ1) is 10.0. The lowest BCUT2D eigenvalue weighted by Crippen LogP contribution is -2.29. The van der Waals surface area contributed by atoms with E-state index >= 15 is 0 Å². The molecule has 0 atom stereocenters. The molecule has 0 saturated carbocycles. The average molecular weight is 306 g/mol. The fraction of sp³-hybridized carbons (Fsp3) is 0.583. The van der Waals surface area contributed by atoms with Gasteiger partial charge in [0, 0.05) is 23.6 Å². The predicted molar refractivity (Wildman–Crippen MR) is 82.5 cm³/mol. The molecular weight excluding hydrogens is 288 g/mol. The minimum atomic E-state index is 0.196. The molecule has 1 fully saturated rings. The van der Waals surface area contributed by atoms with Gasteiger partial charge in [-0.3, -0.25) is 0 Å². The van der Waals surface area contributed by atoms with Crippen LogP contribution >= 0.6 is 11.8 Å². The first-order valence-corrected chi connectivity index (χ1v) is 7.77. The van der Waals surface area contributed by atoms with E-state index < -0.39 is 0 Å². The van der Waals surface area contributed by atoms with Crippen molar-refractivity contribution in [1.29, 1.82) is 0 Å². The van der Waals surface area contributed by atoms with Crippen LogP contribution in [0.1, 0.15) is 20.3 Å². The Morgan fingerprint density at radius 3 is 2.76 bits per heavy atom. The molecule has 0 radical (unpaired) electrons. The topological polar surface area (TPSA) is 98.6 Å². The fourth-order valence-electron chi connectivity index (χ4n) is 2.15. The third-order valence-corrected chi connectivity index (χ3v) is 4.75. The quantitative estimate of drug-likeness (QED) is 0.868. The molecule has 0 amide bonds. The lowest BCUT2D eigenvalue weighted by Gasteiger charge is -2.22. The van der Waals surface area contributed by atoms with E-state index in [1.165, 1.54) is 11.0 Å². The molecule has 2 aromatic heterocycles. The Morgan fingerprint density at radius 2 is 2.00 bits per heavy atom. The summed E-state index contributed by atoms with van der Waals surface area (Å²) in [6, 6.07) is 0. The van der Waals surface area contributed by atoms with Crippen LogP contribution in [0.2, 0.25) is 0 Å². The van der Waals surface area contributed by atoms with Crippen molar-refractivity contribution in [1.82, 2.24) is 29.7 Å². The Morgan fingerprint density at radius 1 is 1.19 bits per heavy atom. The van der Waals surface area contributed by atoms with E-state index in [1.54, 1.807) is 6.33 Å². The van der Waals surface area contributed by atoms with Gasteiger partial charge in [-0.1, -0.05) is 13.8 Å². The van der Waals surface area contributed by atoms with Crippen LogP contribution in [0.5, 0.6) is 0 Å². The second-order valence-electron chi connectivity index (χ2n) is 5.48. The molecule has 0 aliphatic carbocycles. The lowest BCUT2D eigenvalue weighted by atomic mass is 10.1. The zero-order valence-corrected chi connectivity index (χ0v) is 12.9. The van der Waals surface area contributed by atoms with Crippen LogP contribution in [-0.2, 0) is 0 Å². The normalized spacial score (nSPS) is 18.5. The number of anilines is 2. The van der Waals surface area contributed by atoms with Gasteiger partial charge in [-0.2, -0.15) is 36.5 Å². The van der Waals surface area contributed by atoms with Crippen molar-refractivity contribution in [3.63, 3.8) is 0 Å². The van der Waals surface area contributed by atoms with Crippen LogP contribution in [0.25, 0.3) is 5.95 Å². The Bertz CT molecular complexity index is 612. The summed E-state index contributed by atoms with van der Waals surface area (Å²) < 4.78 is 1.76. The summed E-state index contributed by atoms with van der Waals surface area (Å²) in [4.78, 5) is 18.9. The summed E-state index contributed by atoms with van der Waals surface area (Å²) >= 11 is 1.97. The van der Waals surface area contributed by atoms with E-state index in [2.05, 4.69) is 43.8 Å². The van der Waals surface area contributed by atoms with E-state index in [9.17, 15) is 0 Å². The highest BCUT2D eigenvalue weighted by Crippen LogP contribution is 2.31. The van der Waals surface area contributed by atoms with Gasteiger partial charge in [-0.05, 0) is 6.42 Å². The molecule has 1 aliphatic rings. The van der Waals surface area contributed by atoms with Gasteiger partial charge in [0.15, 0.2) is 0 Å². The number of thioether (sulfide) groups is 1. The molecule has 0 spiro atoms. The van der Waals surface area contributed by atoms with Gasteiger partial charge in [0.05, 0.1) is 0 Å². The largest absolute Gasteiger partial charge is 0.368 e. The van der Waals surface area contributed by atoms with Crippen LogP contribution in [0.15, 0.2) is 12.7 Å². The van der Waals surface area contributed by atoms with E-state index in [1.807, 2.05) is 11.8 Å². The Labute approximate surface area is 127 Å². The van der Waals surface area contributed by atoms with E-state index in [4.69, 9.17) is 5.73 Å². The van der Waals surface area contributed by atoms with Crippen molar-refractivity contribution in [2.24, 2.45) is 0 Å². The minimum Gasteiger partial charge on any atom is -0.368 e. The highest BCUT2D eigenvalue weighted by atomic mass is 32.2. The smallest absolute Gasteiger partial charge is 0.258 e. The van der Waals surface area contributed by atoms with Crippen LogP contribution in [-0.4, -0.2) is 53.3 Å². The SMILES string of the molecule is CC1(C)CCN(c2nc(N)nc(-n3cncn3)n2)CCS1. The van der Waals surface area contributed by atoms with Gasteiger partial charge >= 0.3 is 0 Å². The summed E-state index contributed by atoms with van der Waals surface area (Å²) in [5.41, 5.74) is 5.81. The highest BCUT2D eigenvalue weighted by Gasteiger charge is 2.25. The first kappa shape index (κ1) is 14.1. The maximum absolute atomic E-state index is 5.81. The van der Waals surface area contributed by atoms with Gasteiger partial charge in [-0.15, -0.1) is 0 Å².